The van der Waals surface area contributed by atoms with E-state index in [1.165, 1.54) is 0 Å². The van der Waals surface area contributed by atoms with Gasteiger partial charge in [-0.1, -0.05) is 29.3 Å². The Bertz CT molecular complexity index is 645. The zero-order valence-electron chi connectivity index (χ0n) is 10.8. The van der Waals surface area contributed by atoms with Gasteiger partial charge in [0.25, 0.3) is 5.91 Å². The number of aromatic amines is 1. The molecule has 1 saturated heterocycles. The van der Waals surface area contributed by atoms with Gasteiger partial charge in [-0.25, -0.2) is 0 Å². The maximum atomic E-state index is 12.3. The molecule has 0 radical (unpaired) electrons. The number of rotatable bonds is 2. The van der Waals surface area contributed by atoms with Gasteiger partial charge in [0.2, 0.25) is 0 Å². The largest absolute Gasteiger partial charge is 0.357 e. The fourth-order valence-electron chi connectivity index (χ4n) is 2.49. The Kier molecular flexibility index (Phi) is 3.72. The third kappa shape index (κ3) is 2.56. The number of nitrogens with zero attached hydrogens (tertiary/aromatic N) is 1. The molecule has 2 heterocycles. The van der Waals surface area contributed by atoms with Crippen LogP contribution in [-0.2, 0) is 0 Å². The number of amides is 1. The van der Waals surface area contributed by atoms with E-state index in [-0.39, 0.29) is 5.91 Å². The minimum absolute atomic E-state index is 0.0545. The first-order chi connectivity index (χ1) is 9.65. The van der Waals surface area contributed by atoms with E-state index in [1.54, 1.807) is 18.3 Å². The molecular formula is C15H14Cl2N2O. The zero-order valence-corrected chi connectivity index (χ0v) is 12.3. The van der Waals surface area contributed by atoms with E-state index in [4.69, 9.17) is 23.2 Å². The molecule has 1 aliphatic rings. The highest BCUT2D eigenvalue weighted by Crippen LogP contribution is 2.31. The highest BCUT2D eigenvalue weighted by Gasteiger charge is 2.21. The van der Waals surface area contributed by atoms with Gasteiger partial charge in [-0.05, 0) is 31.0 Å². The molecule has 104 valence electrons. The molecule has 5 heteroatoms. The Morgan fingerprint density at radius 1 is 1.15 bits per heavy atom. The lowest BCUT2D eigenvalue weighted by Gasteiger charge is -2.13. The molecule has 3 nitrogen and oxygen atoms in total. The second-order valence-electron chi connectivity index (χ2n) is 4.93. The van der Waals surface area contributed by atoms with Crippen molar-refractivity contribution in [2.45, 2.75) is 12.8 Å². The fraction of sp³-hybridized carbons (Fsp3) is 0.267. The van der Waals surface area contributed by atoms with Crippen LogP contribution in [0.2, 0.25) is 10.0 Å². The standard InChI is InChI=1S/C15H14Cl2N2O/c16-11-3-4-12(13(17)8-11)10-7-14(18-9-10)15(20)19-5-1-2-6-19/h3-4,7-9,18H,1-2,5-6H2. The van der Waals surface area contributed by atoms with Crippen LogP contribution in [0.25, 0.3) is 11.1 Å². The molecule has 1 fully saturated rings. The van der Waals surface area contributed by atoms with Crippen LogP contribution in [0.1, 0.15) is 23.3 Å². The molecule has 2 aromatic rings. The number of likely N-dealkylation sites (tertiary alicyclic amines) is 1. The van der Waals surface area contributed by atoms with E-state index in [0.717, 1.165) is 37.1 Å². The summed E-state index contributed by atoms with van der Waals surface area (Å²) >= 11 is 12.1. The van der Waals surface area contributed by atoms with Crippen molar-refractivity contribution in [2.75, 3.05) is 13.1 Å². The Labute approximate surface area is 127 Å². The average molecular weight is 309 g/mol. The first kappa shape index (κ1) is 13.5. The van der Waals surface area contributed by atoms with E-state index in [9.17, 15) is 4.79 Å². The zero-order chi connectivity index (χ0) is 14.1. The number of nitrogens with one attached hydrogen (secondary N) is 1. The lowest BCUT2D eigenvalue weighted by atomic mass is 10.1. The molecular weight excluding hydrogens is 295 g/mol. The van der Waals surface area contributed by atoms with Crippen molar-refractivity contribution in [3.63, 3.8) is 0 Å². The van der Waals surface area contributed by atoms with Gasteiger partial charge in [0.15, 0.2) is 0 Å². The molecule has 1 aromatic heterocycles. The van der Waals surface area contributed by atoms with Crippen LogP contribution >= 0.6 is 23.2 Å². The van der Waals surface area contributed by atoms with Gasteiger partial charge in [0.1, 0.15) is 5.69 Å². The number of carbonyl (C=O) groups excluding carboxylic acids is 1. The molecule has 1 aromatic carbocycles. The maximum absolute atomic E-state index is 12.3. The van der Waals surface area contributed by atoms with E-state index >= 15 is 0 Å². The molecule has 0 atom stereocenters. The number of carbonyl (C=O) groups is 1. The quantitative estimate of drug-likeness (QED) is 0.885. The van der Waals surface area contributed by atoms with E-state index < -0.39 is 0 Å². The van der Waals surface area contributed by atoms with Crippen LogP contribution < -0.4 is 0 Å². The molecule has 0 aliphatic carbocycles. The van der Waals surface area contributed by atoms with Crippen LogP contribution in [0.4, 0.5) is 0 Å². The summed E-state index contributed by atoms with van der Waals surface area (Å²) in [5.74, 6) is 0.0545. The Morgan fingerprint density at radius 2 is 1.90 bits per heavy atom. The first-order valence-electron chi connectivity index (χ1n) is 6.58. The number of hydrogen-bond acceptors (Lipinski definition) is 1. The summed E-state index contributed by atoms with van der Waals surface area (Å²) in [7, 11) is 0. The second kappa shape index (κ2) is 5.51. The van der Waals surface area contributed by atoms with Crippen molar-refractivity contribution in [1.82, 2.24) is 9.88 Å². The van der Waals surface area contributed by atoms with E-state index in [1.807, 2.05) is 17.0 Å². The summed E-state index contributed by atoms with van der Waals surface area (Å²) in [6.07, 6.45) is 3.98. The summed E-state index contributed by atoms with van der Waals surface area (Å²) in [6, 6.07) is 7.19. The predicted molar refractivity (Wildman–Crippen MR) is 81.4 cm³/mol. The van der Waals surface area contributed by atoms with Crippen LogP contribution in [0.15, 0.2) is 30.5 Å². The van der Waals surface area contributed by atoms with Crippen molar-refractivity contribution in [2.24, 2.45) is 0 Å². The second-order valence-corrected chi connectivity index (χ2v) is 5.77. The predicted octanol–water partition coefficient (Wildman–Crippen LogP) is 4.22. The number of aromatic nitrogens is 1. The molecule has 3 rings (SSSR count). The molecule has 0 spiro atoms. The van der Waals surface area contributed by atoms with Gasteiger partial charge in [-0.15, -0.1) is 0 Å². The minimum Gasteiger partial charge on any atom is -0.357 e. The summed E-state index contributed by atoms with van der Waals surface area (Å²) < 4.78 is 0. The smallest absolute Gasteiger partial charge is 0.270 e. The van der Waals surface area contributed by atoms with Crippen LogP contribution in [-0.4, -0.2) is 28.9 Å². The van der Waals surface area contributed by atoms with Crippen LogP contribution in [0.5, 0.6) is 0 Å². The normalized spacial score (nSPS) is 14.8. The summed E-state index contributed by atoms with van der Waals surface area (Å²) in [4.78, 5) is 17.2. The van der Waals surface area contributed by atoms with Crippen LogP contribution in [0, 0.1) is 0 Å². The Morgan fingerprint density at radius 3 is 2.60 bits per heavy atom. The third-order valence-electron chi connectivity index (χ3n) is 3.55. The van der Waals surface area contributed by atoms with Gasteiger partial charge >= 0.3 is 0 Å². The van der Waals surface area contributed by atoms with Gasteiger partial charge in [0, 0.05) is 40.5 Å². The topological polar surface area (TPSA) is 36.1 Å². The monoisotopic (exact) mass is 308 g/mol. The molecule has 1 amide bonds. The number of benzene rings is 1. The SMILES string of the molecule is O=C(c1cc(-c2ccc(Cl)cc2Cl)c[nH]1)N1CCCC1. The molecule has 0 unspecified atom stereocenters. The van der Waals surface area contributed by atoms with Crippen molar-refractivity contribution in [3.8, 4) is 11.1 Å². The van der Waals surface area contributed by atoms with Gasteiger partial charge in [0.05, 0.1) is 0 Å². The minimum atomic E-state index is 0.0545. The molecule has 1 N–H and O–H groups in total. The summed E-state index contributed by atoms with van der Waals surface area (Å²) in [5.41, 5.74) is 2.37. The molecule has 0 saturated carbocycles. The first-order valence-corrected chi connectivity index (χ1v) is 7.34. The van der Waals surface area contributed by atoms with E-state index in [2.05, 4.69) is 4.98 Å². The summed E-state index contributed by atoms with van der Waals surface area (Å²) in [5, 5.41) is 1.18. The lowest BCUT2D eigenvalue weighted by molar-refractivity contribution is 0.0788. The molecule has 20 heavy (non-hydrogen) atoms. The van der Waals surface area contributed by atoms with Crippen molar-refractivity contribution >= 4 is 29.1 Å². The maximum Gasteiger partial charge on any atom is 0.270 e. The summed E-state index contributed by atoms with van der Waals surface area (Å²) in [6.45, 7) is 1.68. The Hall–Kier alpha value is -1.45. The van der Waals surface area contributed by atoms with Crippen molar-refractivity contribution in [1.29, 1.82) is 0 Å². The highest BCUT2D eigenvalue weighted by atomic mass is 35.5. The molecule has 0 bridgehead atoms. The van der Waals surface area contributed by atoms with Crippen molar-refractivity contribution in [3.05, 3.63) is 46.2 Å². The third-order valence-corrected chi connectivity index (χ3v) is 4.10. The molecule has 1 aliphatic heterocycles. The highest BCUT2D eigenvalue weighted by molar-refractivity contribution is 6.36. The fourth-order valence-corrected chi connectivity index (χ4v) is 3.01. The number of hydrogen-bond donors (Lipinski definition) is 1. The number of halogens is 2. The van der Waals surface area contributed by atoms with Gasteiger partial charge in [-0.2, -0.15) is 0 Å². The van der Waals surface area contributed by atoms with E-state index in [0.29, 0.717) is 15.7 Å². The lowest BCUT2D eigenvalue weighted by Crippen LogP contribution is -2.27. The van der Waals surface area contributed by atoms with Gasteiger partial charge < -0.3 is 9.88 Å². The Balaban J connectivity index is 1.87. The van der Waals surface area contributed by atoms with Gasteiger partial charge in [-0.3, -0.25) is 4.79 Å². The average Bonchev–Trinajstić information content (AvgIpc) is 3.09. The van der Waals surface area contributed by atoms with Crippen molar-refractivity contribution < 1.29 is 4.79 Å². The number of H-pyrrole nitrogens is 1. The van der Waals surface area contributed by atoms with Crippen LogP contribution in [0.3, 0.4) is 0 Å².